The first-order valence-electron chi connectivity index (χ1n) is 5.19. The van der Waals surface area contributed by atoms with Crippen molar-refractivity contribution in [3.05, 3.63) is 29.8 Å². The summed E-state index contributed by atoms with van der Waals surface area (Å²) in [5.74, 6) is -1.51. The first-order chi connectivity index (χ1) is 7.59. The van der Waals surface area contributed by atoms with Gasteiger partial charge in [0.2, 0.25) is 5.91 Å². The fraction of sp³-hybridized carbons (Fsp3) is 0.333. The topological polar surface area (TPSA) is 57.6 Å². The van der Waals surface area contributed by atoms with Crippen molar-refractivity contribution in [3.8, 4) is 0 Å². The van der Waals surface area contributed by atoms with Crippen molar-refractivity contribution in [1.82, 2.24) is 0 Å². The molecule has 2 aliphatic rings. The van der Waals surface area contributed by atoms with Crippen LogP contribution < -0.4 is 4.90 Å². The zero-order valence-corrected chi connectivity index (χ0v) is 8.80. The summed E-state index contributed by atoms with van der Waals surface area (Å²) >= 11 is 0. The monoisotopic (exact) mass is 217 g/mol. The maximum atomic E-state index is 12.1. The molecule has 1 saturated carbocycles. The van der Waals surface area contributed by atoms with Gasteiger partial charge in [-0.1, -0.05) is 18.2 Å². The number of rotatable bonds is 1. The summed E-state index contributed by atoms with van der Waals surface area (Å²) in [6.07, 6.45) is 0.433. The molecule has 1 aliphatic heterocycles. The predicted octanol–water partition coefficient (Wildman–Crippen LogP) is 1.01. The highest BCUT2D eigenvalue weighted by Crippen LogP contribution is 2.61. The largest absolute Gasteiger partial charge is 0.481 e. The Labute approximate surface area is 92.5 Å². The van der Waals surface area contributed by atoms with Crippen LogP contribution in [-0.2, 0) is 15.0 Å². The number of carbonyl (C=O) groups excluding carboxylic acids is 1. The molecule has 0 unspecified atom stereocenters. The molecule has 2 atom stereocenters. The Balaban J connectivity index is 2.17. The molecule has 16 heavy (non-hydrogen) atoms. The first kappa shape index (κ1) is 9.39. The normalized spacial score (nSPS) is 30.7. The molecule has 0 aromatic heterocycles. The van der Waals surface area contributed by atoms with Crippen molar-refractivity contribution >= 4 is 17.6 Å². The van der Waals surface area contributed by atoms with Crippen LogP contribution in [0.3, 0.4) is 0 Å². The van der Waals surface area contributed by atoms with Crippen molar-refractivity contribution < 1.29 is 14.7 Å². The third kappa shape index (κ3) is 0.852. The highest BCUT2D eigenvalue weighted by Gasteiger charge is 2.69. The van der Waals surface area contributed by atoms with Crippen molar-refractivity contribution in [2.75, 3.05) is 11.9 Å². The number of para-hydroxylation sites is 1. The molecule has 0 bridgehead atoms. The number of anilines is 1. The second kappa shape index (κ2) is 2.64. The number of carbonyl (C=O) groups is 2. The van der Waals surface area contributed by atoms with E-state index in [0.717, 1.165) is 11.3 Å². The van der Waals surface area contributed by atoms with Gasteiger partial charge in [-0.2, -0.15) is 0 Å². The van der Waals surface area contributed by atoms with E-state index in [2.05, 4.69) is 0 Å². The SMILES string of the molecule is CN1C(=O)[C@@]2(C[C@@H]2C(=O)O)c2ccccc21. The summed E-state index contributed by atoms with van der Waals surface area (Å²) in [6, 6.07) is 7.43. The summed E-state index contributed by atoms with van der Waals surface area (Å²) in [4.78, 5) is 24.7. The molecule has 1 aliphatic carbocycles. The molecule has 82 valence electrons. The van der Waals surface area contributed by atoms with Crippen LogP contribution >= 0.6 is 0 Å². The number of aliphatic carboxylic acids is 1. The fourth-order valence-corrected chi connectivity index (χ4v) is 2.76. The van der Waals surface area contributed by atoms with Crippen molar-refractivity contribution in [3.63, 3.8) is 0 Å². The van der Waals surface area contributed by atoms with E-state index in [1.54, 1.807) is 11.9 Å². The number of carboxylic acids is 1. The first-order valence-corrected chi connectivity index (χ1v) is 5.19. The second-order valence-electron chi connectivity index (χ2n) is 4.45. The average molecular weight is 217 g/mol. The lowest BCUT2D eigenvalue weighted by atomic mass is 9.95. The van der Waals surface area contributed by atoms with Crippen molar-refractivity contribution in [2.24, 2.45) is 5.92 Å². The maximum absolute atomic E-state index is 12.1. The molecular weight excluding hydrogens is 206 g/mol. The van der Waals surface area contributed by atoms with Gasteiger partial charge in [-0.3, -0.25) is 9.59 Å². The highest BCUT2D eigenvalue weighted by molar-refractivity contribution is 6.13. The smallest absolute Gasteiger partial charge is 0.307 e. The molecule has 3 rings (SSSR count). The molecule has 0 radical (unpaired) electrons. The summed E-state index contributed by atoms with van der Waals surface area (Å²) in [5.41, 5.74) is 0.947. The number of fused-ring (bicyclic) bond motifs is 2. The van der Waals surface area contributed by atoms with Crippen molar-refractivity contribution in [2.45, 2.75) is 11.8 Å². The van der Waals surface area contributed by atoms with Gasteiger partial charge in [-0.05, 0) is 18.1 Å². The number of hydrogen-bond acceptors (Lipinski definition) is 2. The zero-order chi connectivity index (χ0) is 11.5. The molecule has 4 nitrogen and oxygen atoms in total. The molecule has 1 aromatic rings. The van der Waals surface area contributed by atoms with E-state index in [1.807, 2.05) is 24.3 Å². The minimum Gasteiger partial charge on any atom is -0.481 e. The molecule has 4 heteroatoms. The number of nitrogens with zero attached hydrogens (tertiary/aromatic N) is 1. The molecule has 1 aromatic carbocycles. The van der Waals surface area contributed by atoms with E-state index in [9.17, 15) is 9.59 Å². The second-order valence-corrected chi connectivity index (χ2v) is 4.45. The van der Waals surface area contributed by atoms with Gasteiger partial charge in [0.1, 0.15) is 0 Å². The van der Waals surface area contributed by atoms with E-state index in [1.165, 1.54) is 0 Å². The lowest BCUT2D eigenvalue weighted by molar-refractivity contribution is -0.140. The van der Waals surface area contributed by atoms with Gasteiger partial charge < -0.3 is 10.0 Å². The predicted molar refractivity (Wildman–Crippen MR) is 57.3 cm³/mol. The van der Waals surface area contributed by atoms with Crippen LogP contribution in [0.5, 0.6) is 0 Å². The average Bonchev–Trinajstić information content (AvgIpc) is 2.99. The van der Waals surface area contributed by atoms with E-state index in [0.29, 0.717) is 6.42 Å². The minimum absolute atomic E-state index is 0.0823. The van der Waals surface area contributed by atoms with Crippen LogP contribution in [0.2, 0.25) is 0 Å². The molecule has 1 spiro atoms. The Hall–Kier alpha value is -1.84. The van der Waals surface area contributed by atoms with Gasteiger partial charge in [0.25, 0.3) is 0 Å². The van der Waals surface area contributed by atoms with Crippen LogP contribution in [0.4, 0.5) is 5.69 Å². The van der Waals surface area contributed by atoms with E-state index in [-0.39, 0.29) is 5.91 Å². The number of amides is 1. The lowest BCUT2D eigenvalue weighted by Gasteiger charge is -2.09. The van der Waals surface area contributed by atoms with Crippen LogP contribution in [0, 0.1) is 5.92 Å². The highest BCUT2D eigenvalue weighted by atomic mass is 16.4. The number of benzene rings is 1. The summed E-state index contributed by atoms with van der Waals surface area (Å²) in [5, 5.41) is 9.04. The minimum atomic E-state index is -0.876. The summed E-state index contributed by atoms with van der Waals surface area (Å²) in [6.45, 7) is 0. The van der Waals surface area contributed by atoms with Gasteiger partial charge in [0, 0.05) is 12.7 Å². The zero-order valence-electron chi connectivity index (χ0n) is 8.80. The maximum Gasteiger partial charge on any atom is 0.307 e. The Morgan fingerprint density at radius 1 is 1.50 bits per heavy atom. The standard InChI is InChI=1S/C12H11NO3/c1-13-9-5-3-2-4-7(9)12(11(13)16)6-8(12)10(14)15/h2-5,8H,6H2,1H3,(H,14,15)/t8-,12+/m1/s1. The van der Waals surface area contributed by atoms with Crippen LogP contribution in [-0.4, -0.2) is 24.0 Å². The summed E-state index contributed by atoms with van der Waals surface area (Å²) < 4.78 is 0. The third-order valence-electron chi connectivity index (χ3n) is 3.69. The molecule has 1 N–H and O–H groups in total. The van der Waals surface area contributed by atoms with Gasteiger partial charge in [-0.15, -0.1) is 0 Å². The van der Waals surface area contributed by atoms with Crippen LogP contribution in [0.25, 0.3) is 0 Å². The van der Waals surface area contributed by atoms with Gasteiger partial charge in [0.15, 0.2) is 0 Å². The lowest BCUT2D eigenvalue weighted by Crippen LogP contribution is -2.30. The van der Waals surface area contributed by atoms with Gasteiger partial charge in [0.05, 0.1) is 11.3 Å². The van der Waals surface area contributed by atoms with Crippen LogP contribution in [0.15, 0.2) is 24.3 Å². The molecule has 1 amide bonds. The molecule has 1 fully saturated rings. The number of carboxylic acid groups (broad SMARTS) is 1. The summed E-state index contributed by atoms with van der Waals surface area (Å²) in [7, 11) is 1.70. The number of likely N-dealkylation sites (N-methyl/N-ethyl adjacent to an activating group) is 1. The van der Waals surface area contributed by atoms with Crippen molar-refractivity contribution in [1.29, 1.82) is 0 Å². The van der Waals surface area contributed by atoms with Gasteiger partial charge >= 0.3 is 5.97 Å². The third-order valence-corrected chi connectivity index (χ3v) is 3.69. The van der Waals surface area contributed by atoms with Crippen LogP contribution in [0.1, 0.15) is 12.0 Å². The molecule has 0 saturated heterocycles. The van der Waals surface area contributed by atoms with E-state index in [4.69, 9.17) is 5.11 Å². The Kier molecular flexibility index (Phi) is 1.55. The Morgan fingerprint density at radius 2 is 2.19 bits per heavy atom. The van der Waals surface area contributed by atoms with Gasteiger partial charge in [-0.25, -0.2) is 0 Å². The number of hydrogen-bond donors (Lipinski definition) is 1. The van der Waals surface area contributed by atoms with E-state index >= 15 is 0 Å². The molecular formula is C12H11NO3. The molecule has 1 heterocycles. The Bertz CT molecular complexity index is 511. The fourth-order valence-electron chi connectivity index (χ4n) is 2.76. The Morgan fingerprint density at radius 3 is 2.81 bits per heavy atom. The van der Waals surface area contributed by atoms with E-state index < -0.39 is 17.3 Å². The quantitative estimate of drug-likeness (QED) is 0.763.